The first-order chi connectivity index (χ1) is 20.2. The Bertz CT molecular complexity index is 750. The van der Waals surface area contributed by atoms with Crippen molar-refractivity contribution in [3.8, 4) is 0 Å². The van der Waals surface area contributed by atoms with E-state index in [1.807, 2.05) is 0 Å². The van der Waals surface area contributed by atoms with E-state index in [1.165, 1.54) is 38.5 Å². The van der Waals surface area contributed by atoms with Gasteiger partial charge in [0.1, 0.15) is 55.4 Å². The predicted octanol–water partition coefficient (Wildman–Crippen LogP) is 1.19. The van der Waals surface area contributed by atoms with Crippen LogP contribution in [0.25, 0.3) is 0 Å². The fourth-order valence-corrected chi connectivity index (χ4v) is 5.07. The molecule has 12 heteroatoms. The number of ether oxygens (including phenoxy) is 4. The first-order valence-corrected chi connectivity index (χ1v) is 15.7. The molecule has 2 aliphatic heterocycles. The zero-order chi connectivity index (χ0) is 30.9. The summed E-state index contributed by atoms with van der Waals surface area (Å²) < 4.78 is 21.3. The summed E-state index contributed by atoms with van der Waals surface area (Å²) in [6.45, 7) is 1.13. The number of aliphatic hydroxyl groups excluding tert-OH is 7. The van der Waals surface area contributed by atoms with E-state index in [0.717, 1.165) is 38.5 Å². The first kappa shape index (κ1) is 37.0. The number of allylic oxidation sites excluding steroid dienone is 2. The van der Waals surface area contributed by atoms with E-state index in [-0.39, 0.29) is 6.42 Å². The Hall–Kier alpha value is -1.19. The van der Waals surface area contributed by atoms with Crippen molar-refractivity contribution in [1.29, 1.82) is 0 Å². The van der Waals surface area contributed by atoms with Crippen LogP contribution in [0.1, 0.15) is 96.8 Å². The molecule has 0 saturated carbocycles. The number of carbonyl (C=O) groups excluding carboxylic acids is 1. The molecule has 0 aromatic rings. The van der Waals surface area contributed by atoms with Gasteiger partial charge in [0.25, 0.3) is 0 Å². The van der Waals surface area contributed by atoms with Crippen molar-refractivity contribution in [3.63, 3.8) is 0 Å². The average Bonchev–Trinajstić information content (AvgIpc) is 2.98. The van der Waals surface area contributed by atoms with Crippen LogP contribution in [0.5, 0.6) is 0 Å². The fourth-order valence-electron chi connectivity index (χ4n) is 5.07. The molecule has 0 radical (unpaired) electrons. The number of aliphatic hydroxyl groups is 7. The van der Waals surface area contributed by atoms with E-state index >= 15 is 0 Å². The van der Waals surface area contributed by atoms with Gasteiger partial charge in [0, 0.05) is 6.42 Å². The summed E-state index contributed by atoms with van der Waals surface area (Å²) in [5.74, 6) is -0.490. The van der Waals surface area contributed by atoms with Gasteiger partial charge >= 0.3 is 5.97 Å². The summed E-state index contributed by atoms with van der Waals surface area (Å²) in [6, 6.07) is 0. The van der Waals surface area contributed by atoms with Crippen LogP contribution in [0.4, 0.5) is 0 Å². The molecule has 2 saturated heterocycles. The van der Waals surface area contributed by atoms with Gasteiger partial charge in [-0.25, -0.2) is 0 Å². The maximum atomic E-state index is 12.2. The van der Waals surface area contributed by atoms with Crippen molar-refractivity contribution in [3.05, 3.63) is 12.2 Å². The van der Waals surface area contributed by atoms with Crippen LogP contribution in [0.3, 0.4) is 0 Å². The highest BCUT2D eigenvalue weighted by Crippen LogP contribution is 2.28. The molecule has 42 heavy (non-hydrogen) atoms. The van der Waals surface area contributed by atoms with Crippen molar-refractivity contribution in [2.24, 2.45) is 0 Å². The Morgan fingerprint density at radius 3 is 1.67 bits per heavy atom. The predicted molar refractivity (Wildman–Crippen MR) is 152 cm³/mol. The van der Waals surface area contributed by atoms with Gasteiger partial charge in [-0.05, 0) is 32.1 Å². The molecule has 2 fully saturated rings. The summed E-state index contributed by atoms with van der Waals surface area (Å²) in [4.78, 5) is 12.2. The van der Waals surface area contributed by atoms with Crippen LogP contribution in [0.15, 0.2) is 12.2 Å². The maximum Gasteiger partial charge on any atom is 0.305 e. The molecule has 7 N–H and O–H groups in total. The van der Waals surface area contributed by atoms with Crippen LogP contribution in [-0.4, -0.2) is 116 Å². The number of rotatable bonds is 20. The lowest BCUT2D eigenvalue weighted by molar-refractivity contribution is -0.376. The van der Waals surface area contributed by atoms with Gasteiger partial charge in [-0.1, -0.05) is 70.4 Å². The van der Waals surface area contributed by atoms with E-state index in [0.29, 0.717) is 6.42 Å². The van der Waals surface area contributed by atoms with Crippen molar-refractivity contribution in [2.45, 2.75) is 158 Å². The molecule has 0 aliphatic carbocycles. The van der Waals surface area contributed by atoms with E-state index in [9.17, 15) is 40.5 Å². The lowest BCUT2D eigenvalue weighted by atomic mass is 9.98. The Morgan fingerprint density at radius 2 is 1.12 bits per heavy atom. The Balaban J connectivity index is 1.61. The monoisotopic (exact) mass is 606 g/mol. The highest BCUT2D eigenvalue weighted by atomic mass is 16.8. The standard InChI is InChI=1S/C30H54O12/c1-2-3-4-5-6-7-8-9-10-11-12-13-14-15-16-17-22(32)39-19-21-24(34)26(36)28(38)30(41-21)42-29-27(37)25(35)23(33)20(18-31)40-29/h9-10,20-21,23-31,33-38H,2-8,11-19H2,1H3/b10-9-/t20-,21-,23-,24-,25+,26+,27-,28-,29-,30-/m1/s1. The van der Waals surface area contributed by atoms with Crippen molar-refractivity contribution >= 4 is 5.97 Å². The smallest absolute Gasteiger partial charge is 0.305 e. The zero-order valence-corrected chi connectivity index (χ0v) is 24.9. The third-order valence-corrected chi connectivity index (χ3v) is 7.84. The number of hydrogen-bond donors (Lipinski definition) is 7. The second-order valence-corrected chi connectivity index (χ2v) is 11.4. The van der Waals surface area contributed by atoms with Crippen molar-refractivity contribution in [2.75, 3.05) is 13.2 Å². The molecule has 2 heterocycles. The van der Waals surface area contributed by atoms with E-state index in [1.54, 1.807) is 0 Å². The minimum atomic E-state index is -1.77. The lowest BCUT2D eigenvalue weighted by Gasteiger charge is -2.44. The van der Waals surface area contributed by atoms with Gasteiger partial charge < -0.3 is 54.7 Å². The Labute approximate surface area is 249 Å². The van der Waals surface area contributed by atoms with Crippen molar-refractivity contribution < 1.29 is 59.5 Å². The molecule has 0 spiro atoms. The molecule has 0 aromatic heterocycles. The summed E-state index contributed by atoms with van der Waals surface area (Å²) in [5.41, 5.74) is 0. The van der Waals surface area contributed by atoms with Crippen molar-refractivity contribution in [1.82, 2.24) is 0 Å². The zero-order valence-electron chi connectivity index (χ0n) is 24.9. The summed E-state index contributed by atoms with van der Waals surface area (Å²) in [5, 5.41) is 70.2. The van der Waals surface area contributed by atoms with Crippen LogP contribution >= 0.6 is 0 Å². The molecular weight excluding hydrogens is 552 g/mol. The van der Waals surface area contributed by atoms with Gasteiger partial charge in [0.2, 0.25) is 0 Å². The normalized spacial score (nSPS) is 33.7. The average molecular weight is 607 g/mol. The van der Waals surface area contributed by atoms with Gasteiger partial charge in [-0.15, -0.1) is 0 Å². The Kier molecular flexibility index (Phi) is 18.2. The highest BCUT2D eigenvalue weighted by molar-refractivity contribution is 5.69. The number of hydrogen-bond acceptors (Lipinski definition) is 12. The highest BCUT2D eigenvalue weighted by Gasteiger charge is 2.49. The molecule has 246 valence electrons. The molecular formula is C30H54O12. The third kappa shape index (κ3) is 12.4. The minimum absolute atomic E-state index is 0.191. The molecule has 0 bridgehead atoms. The topological polar surface area (TPSA) is 196 Å². The first-order valence-electron chi connectivity index (χ1n) is 15.7. The van der Waals surface area contributed by atoms with Gasteiger partial charge in [0.05, 0.1) is 6.61 Å². The number of esters is 1. The maximum absolute atomic E-state index is 12.2. The van der Waals surface area contributed by atoms with E-state index in [2.05, 4.69) is 19.1 Å². The second kappa shape index (κ2) is 20.7. The largest absolute Gasteiger partial charge is 0.463 e. The van der Waals surface area contributed by atoms with E-state index in [4.69, 9.17) is 18.9 Å². The fraction of sp³-hybridized carbons (Fsp3) is 0.900. The molecule has 10 atom stereocenters. The molecule has 0 aromatic carbocycles. The molecule has 2 aliphatic rings. The molecule has 0 unspecified atom stereocenters. The molecule has 12 nitrogen and oxygen atoms in total. The summed E-state index contributed by atoms with van der Waals surface area (Å²) in [6.07, 6.45) is 3.66. The summed E-state index contributed by atoms with van der Waals surface area (Å²) >= 11 is 0. The van der Waals surface area contributed by atoms with Crippen LogP contribution in [0, 0.1) is 0 Å². The van der Waals surface area contributed by atoms with Gasteiger partial charge in [-0.2, -0.15) is 0 Å². The van der Waals surface area contributed by atoms with Crippen LogP contribution in [0.2, 0.25) is 0 Å². The van der Waals surface area contributed by atoms with Gasteiger partial charge in [0.15, 0.2) is 12.6 Å². The Morgan fingerprint density at radius 1 is 0.643 bits per heavy atom. The summed E-state index contributed by atoms with van der Waals surface area (Å²) in [7, 11) is 0. The van der Waals surface area contributed by atoms with Gasteiger partial charge in [-0.3, -0.25) is 4.79 Å². The van der Waals surface area contributed by atoms with Crippen LogP contribution < -0.4 is 0 Å². The lowest BCUT2D eigenvalue weighted by Crippen LogP contribution is -2.63. The van der Waals surface area contributed by atoms with Crippen LogP contribution in [-0.2, 0) is 23.7 Å². The second-order valence-electron chi connectivity index (χ2n) is 11.4. The SMILES string of the molecule is CCCCCCCC/C=C\CCCCCCCC(=O)OC[C@H]1O[C@H](O[C@H]2O[C@H](CO)[C@@H](O)[C@H](O)[C@H]2O)[C@H](O)[C@@H](O)[C@@H]1O. The number of unbranched alkanes of at least 4 members (excludes halogenated alkanes) is 11. The number of carbonyl (C=O) groups is 1. The third-order valence-electron chi connectivity index (χ3n) is 7.84. The van der Waals surface area contributed by atoms with E-state index < -0.39 is 80.6 Å². The molecule has 2 rings (SSSR count). The molecule has 0 amide bonds. The quantitative estimate of drug-likeness (QED) is 0.0595. The minimum Gasteiger partial charge on any atom is -0.463 e.